The van der Waals surface area contributed by atoms with Crippen LogP contribution >= 0.6 is 22.6 Å². The number of ether oxygens (including phenoxy) is 2. The first-order chi connectivity index (χ1) is 6.58. The molecule has 86 valence electrons. The van der Waals surface area contributed by atoms with Gasteiger partial charge in [0.05, 0.1) is 5.60 Å². The molecule has 0 amide bonds. The minimum absolute atomic E-state index is 0.324. The van der Waals surface area contributed by atoms with E-state index in [2.05, 4.69) is 22.6 Å². The van der Waals surface area contributed by atoms with Crippen LogP contribution in [0.3, 0.4) is 0 Å². The largest absolute Gasteiger partial charge is 0.353 e. The van der Waals surface area contributed by atoms with Crippen LogP contribution in [0.2, 0.25) is 0 Å². The molecule has 2 atom stereocenters. The molecule has 0 aliphatic heterocycles. The molecule has 0 radical (unpaired) electrons. The lowest BCUT2D eigenvalue weighted by Gasteiger charge is -2.30. The van der Waals surface area contributed by atoms with E-state index in [0.717, 1.165) is 17.3 Å². The summed E-state index contributed by atoms with van der Waals surface area (Å²) in [7, 11) is 0. The first-order valence-corrected chi connectivity index (χ1v) is 6.52. The molecule has 0 bridgehead atoms. The van der Waals surface area contributed by atoms with Crippen molar-refractivity contribution in [3.8, 4) is 0 Å². The number of hydrogen-bond donors (Lipinski definition) is 0. The summed E-state index contributed by atoms with van der Waals surface area (Å²) < 4.78 is 24.6. The second kappa shape index (κ2) is 7.82. The van der Waals surface area contributed by atoms with Crippen molar-refractivity contribution < 1.29 is 13.9 Å². The molecule has 0 saturated heterocycles. The number of halogens is 2. The fourth-order valence-corrected chi connectivity index (χ4v) is 1.65. The Morgan fingerprint density at radius 2 is 2.14 bits per heavy atom. The second-order valence-electron chi connectivity index (χ2n) is 3.52. The van der Waals surface area contributed by atoms with Crippen molar-refractivity contribution in [3.05, 3.63) is 0 Å². The Balaban J connectivity index is 3.96. The minimum Gasteiger partial charge on any atom is -0.353 e. The van der Waals surface area contributed by atoms with Gasteiger partial charge in [0.25, 0.3) is 0 Å². The van der Waals surface area contributed by atoms with E-state index >= 15 is 0 Å². The van der Waals surface area contributed by atoms with E-state index in [9.17, 15) is 4.39 Å². The van der Waals surface area contributed by atoms with Gasteiger partial charge in [0, 0.05) is 6.61 Å². The molecule has 0 aromatic carbocycles. The fourth-order valence-electron chi connectivity index (χ4n) is 1.27. The number of hydrogen-bond acceptors (Lipinski definition) is 2. The van der Waals surface area contributed by atoms with E-state index < -0.39 is 12.3 Å². The zero-order valence-corrected chi connectivity index (χ0v) is 11.3. The van der Waals surface area contributed by atoms with Gasteiger partial charge in [-0.05, 0) is 38.0 Å². The average Bonchev–Trinajstić information content (AvgIpc) is 2.15. The van der Waals surface area contributed by atoms with Crippen LogP contribution in [0.5, 0.6) is 0 Å². The molecule has 0 aliphatic rings. The summed E-state index contributed by atoms with van der Waals surface area (Å²) in [6.07, 6.45) is 1.39. The summed E-state index contributed by atoms with van der Waals surface area (Å²) in [5.41, 5.74) is -0.681. The van der Waals surface area contributed by atoms with Gasteiger partial charge < -0.3 is 9.47 Å². The standard InChI is InChI=1S/C10H20FIO2/c1-4-13-9(2)14-10(3,8-11)6-5-7-12/h9H,4-8H2,1-3H3. The van der Waals surface area contributed by atoms with Gasteiger partial charge >= 0.3 is 0 Å². The van der Waals surface area contributed by atoms with E-state index in [1.54, 1.807) is 6.92 Å². The van der Waals surface area contributed by atoms with Gasteiger partial charge in [0.2, 0.25) is 0 Å². The maximum Gasteiger partial charge on any atom is 0.155 e. The van der Waals surface area contributed by atoms with E-state index in [1.165, 1.54) is 0 Å². The second-order valence-corrected chi connectivity index (χ2v) is 4.60. The van der Waals surface area contributed by atoms with Crippen molar-refractivity contribution in [2.45, 2.75) is 45.5 Å². The molecule has 0 N–H and O–H groups in total. The molecule has 0 aromatic rings. The monoisotopic (exact) mass is 318 g/mol. The SMILES string of the molecule is CCOC(C)OC(C)(CF)CCCI. The minimum atomic E-state index is -0.681. The summed E-state index contributed by atoms with van der Waals surface area (Å²) in [5.74, 6) is 0. The molecule has 0 aliphatic carbocycles. The molecule has 0 rings (SSSR count). The van der Waals surface area contributed by atoms with Gasteiger partial charge in [-0.15, -0.1) is 0 Å². The molecule has 0 saturated carbocycles. The van der Waals surface area contributed by atoms with Crippen LogP contribution in [0.4, 0.5) is 4.39 Å². The van der Waals surface area contributed by atoms with E-state index in [-0.39, 0.29) is 6.29 Å². The molecule has 0 aromatic heterocycles. The average molecular weight is 318 g/mol. The summed E-state index contributed by atoms with van der Waals surface area (Å²) in [6, 6.07) is 0. The lowest BCUT2D eigenvalue weighted by molar-refractivity contribution is -0.201. The predicted octanol–water partition coefficient (Wildman–Crippen LogP) is 3.33. The fraction of sp³-hybridized carbons (Fsp3) is 1.00. The highest BCUT2D eigenvalue weighted by Crippen LogP contribution is 2.21. The number of rotatable bonds is 8. The van der Waals surface area contributed by atoms with Crippen LogP contribution in [0.1, 0.15) is 33.6 Å². The Bertz CT molecular complexity index is 146. The molecule has 14 heavy (non-hydrogen) atoms. The van der Waals surface area contributed by atoms with Crippen molar-refractivity contribution in [3.63, 3.8) is 0 Å². The quantitative estimate of drug-likeness (QED) is 0.388. The maximum absolute atomic E-state index is 12.8. The Morgan fingerprint density at radius 1 is 1.50 bits per heavy atom. The summed E-state index contributed by atoms with van der Waals surface area (Å²) in [4.78, 5) is 0. The van der Waals surface area contributed by atoms with Gasteiger partial charge in [-0.25, -0.2) is 4.39 Å². The Hall–Kier alpha value is 0.580. The van der Waals surface area contributed by atoms with Gasteiger partial charge in [0.1, 0.15) is 6.67 Å². The zero-order chi connectivity index (χ0) is 11.0. The Morgan fingerprint density at radius 3 is 2.57 bits per heavy atom. The van der Waals surface area contributed by atoms with Gasteiger partial charge in [0.15, 0.2) is 6.29 Å². The number of alkyl halides is 2. The topological polar surface area (TPSA) is 18.5 Å². The lowest BCUT2D eigenvalue weighted by atomic mass is 10.0. The normalized spacial score (nSPS) is 17.8. The molecular weight excluding hydrogens is 298 g/mol. The molecule has 4 heteroatoms. The maximum atomic E-state index is 12.8. The first kappa shape index (κ1) is 14.6. The van der Waals surface area contributed by atoms with E-state index in [4.69, 9.17) is 9.47 Å². The third-order valence-corrected chi connectivity index (χ3v) is 2.74. The van der Waals surface area contributed by atoms with Crippen LogP contribution in [0.15, 0.2) is 0 Å². The van der Waals surface area contributed by atoms with Gasteiger partial charge in [-0.1, -0.05) is 22.6 Å². The van der Waals surface area contributed by atoms with Crippen LogP contribution < -0.4 is 0 Å². The Kier molecular flexibility index (Phi) is 8.14. The first-order valence-electron chi connectivity index (χ1n) is 4.99. The van der Waals surface area contributed by atoms with Crippen LogP contribution in [-0.4, -0.2) is 29.6 Å². The van der Waals surface area contributed by atoms with Crippen molar-refractivity contribution in [1.82, 2.24) is 0 Å². The molecule has 0 fully saturated rings. The lowest BCUT2D eigenvalue weighted by Crippen LogP contribution is -2.36. The molecular formula is C10H20FIO2. The smallest absolute Gasteiger partial charge is 0.155 e. The third kappa shape index (κ3) is 6.14. The molecule has 2 unspecified atom stereocenters. The van der Waals surface area contributed by atoms with Crippen molar-refractivity contribution >= 4 is 22.6 Å². The van der Waals surface area contributed by atoms with Crippen molar-refractivity contribution in [2.24, 2.45) is 0 Å². The van der Waals surface area contributed by atoms with E-state index in [1.807, 2.05) is 13.8 Å². The van der Waals surface area contributed by atoms with Crippen molar-refractivity contribution in [2.75, 3.05) is 17.7 Å². The van der Waals surface area contributed by atoms with Gasteiger partial charge in [-0.2, -0.15) is 0 Å². The van der Waals surface area contributed by atoms with Crippen LogP contribution in [0.25, 0.3) is 0 Å². The highest BCUT2D eigenvalue weighted by molar-refractivity contribution is 14.1. The summed E-state index contributed by atoms with van der Waals surface area (Å²) >= 11 is 2.28. The zero-order valence-electron chi connectivity index (χ0n) is 9.19. The molecule has 0 heterocycles. The third-order valence-electron chi connectivity index (χ3n) is 1.97. The van der Waals surface area contributed by atoms with E-state index in [0.29, 0.717) is 6.61 Å². The highest BCUT2D eigenvalue weighted by atomic mass is 127. The van der Waals surface area contributed by atoms with Gasteiger partial charge in [-0.3, -0.25) is 0 Å². The summed E-state index contributed by atoms with van der Waals surface area (Å²) in [5, 5.41) is 0. The van der Waals surface area contributed by atoms with Crippen LogP contribution in [0, 0.1) is 0 Å². The predicted molar refractivity (Wildman–Crippen MR) is 64.7 cm³/mol. The molecule has 2 nitrogen and oxygen atoms in total. The van der Waals surface area contributed by atoms with Crippen molar-refractivity contribution in [1.29, 1.82) is 0 Å². The Labute approximate surface area is 99.7 Å². The van der Waals surface area contributed by atoms with Crippen LogP contribution in [-0.2, 0) is 9.47 Å². The summed E-state index contributed by atoms with van der Waals surface area (Å²) in [6.45, 7) is 5.64. The highest BCUT2D eigenvalue weighted by Gasteiger charge is 2.27. The molecule has 0 spiro atoms.